The van der Waals surface area contributed by atoms with Gasteiger partial charge >= 0.3 is 0 Å². The summed E-state index contributed by atoms with van der Waals surface area (Å²) in [5.41, 5.74) is 2.37. The molecule has 0 spiro atoms. The van der Waals surface area contributed by atoms with Gasteiger partial charge in [-0.05, 0) is 13.3 Å². The van der Waals surface area contributed by atoms with E-state index < -0.39 is 0 Å². The topological polar surface area (TPSA) is 18.5 Å². The Kier molecular flexibility index (Phi) is 2.62. The van der Waals surface area contributed by atoms with Crippen LogP contribution in [0.1, 0.15) is 23.8 Å². The average Bonchev–Trinajstić information content (AvgIpc) is 2.19. The van der Waals surface area contributed by atoms with Gasteiger partial charge in [-0.2, -0.15) is 0 Å². The molecule has 1 saturated heterocycles. The maximum Gasteiger partial charge on any atom is 0.183 e. The number of rotatable bonds is 1. The summed E-state index contributed by atoms with van der Waals surface area (Å²) in [4.78, 5) is 0. The van der Waals surface area contributed by atoms with E-state index in [0.717, 1.165) is 25.2 Å². The van der Waals surface area contributed by atoms with Crippen molar-refractivity contribution >= 4 is 0 Å². The third kappa shape index (κ3) is 2.08. The molecule has 2 rings (SSSR count). The van der Waals surface area contributed by atoms with Crippen LogP contribution in [-0.2, 0) is 9.47 Å². The highest BCUT2D eigenvalue weighted by atomic mass is 16.7. The lowest BCUT2D eigenvalue weighted by Gasteiger charge is -2.23. The standard InChI is InChI=1S/C11H14O2/c1-9-4-2-5-10(8-9)11-12-6-3-7-13-11/h2,4-5,8,11H,3,6-7H2,1H3. The van der Waals surface area contributed by atoms with E-state index in [1.54, 1.807) is 0 Å². The van der Waals surface area contributed by atoms with Gasteiger partial charge in [-0.3, -0.25) is 0 Å². The van der Waals surface area contributed by atoms with Crippen molar-refractivity contribution in [3.63, 3.8) is 0 Å². The average molecular weight is 178 g/mol. The van der Waals surface area contributed by atoms with E-state index in [9.17, 15) is 0 Å². The summed E-state index contributed by atoms with van der Waals surface area (Å²) >= 11 is 0. The molecule has 0 aliphatic carbocycles. The second-order valence-corrected chi connectivity index (χ2v) is 3.34. The minimum atomic E-state index is -0.145. The number of hydrogen-bond donors (Lipinski definition) is 0. The first kappa shape index (κ1) is 8.73. The molecule has 2 nitrogen and oxygen atoms in total. The highest BCUT2D eigenvalue weighted by molar-refractivity contribution is 5.23. The Morgan fingerprint density at radius 3 is 2.69 bits per heavy atom. The van der Waals surface area contributed by atoms with Gasteiger partial charge in [0.1, 0.15) is 0 Å². The zero-order chi connectivity index (χ0) is 9.10. The largest absolute Gasteiger partial charge is 0.348 e. The first-order valence-corrected chi connectivity index (χ1v) is 4.66. The second-order valence-electron chi connectivity index (χ2n) is 3.34. The quantitative estimate of drug-likeness (QED) is 0.657. The first-order valence-electron chi connectivity index (χ1n) is 4.66. The molecule has 1 heterocycles. The minimum absolute atomic E-state index is 0.145. The van der Waals surface area contributed by atoms with Crippen LogP contribution in [-0.4, -0.2) is 13.2 Å². The van der Waals surface area contributed by atoms with Gasteiger partial charge in [-0.1, -0.05) is 29.8 Å². The minimum Gasteiger partial charge on any atom is -0.348 e. The lowest BCUT2D eigenvalue weighted by Crippen LogP contribution is -2.17. The summed E-state index contributed by atoms with van der Waals surface area (Å²) in [6.07, 6.45) is 0.858. The molecule has 0 radical (unpaired) electrons. The van der Waals surface area contributed by atoms with Crippen molar-refractivity contribution in [2.45, 2.75) is 19.6 Å². The zero-order valence-corrected chi connectivity index (χ0v) is 7.82. The fraction of sp³-hybridized carbons (Fsp3) is 0.455. The summed E-state index contributed by atoms with van der Waals surface area (Å²) in [6.45, 7) is 3.68. The fourth-order valence-electron chi connectivity index (χ4n) is 1.50. The van der Waals surface area contributed by atoms with E-state index in [1.807, 2.05) is 12.1 Å². The molecule has 0 aromatic heterocycles. The van der Waals surface area contributed by atoms with Crippen LogP contribution in [0.25, 0.3) is 0 Å². The lowest BCUT2D eigenvalue weighted by atomic mass is 10.1. The van der Waals surface area contributed by atoms with Crippen LogP contribution in [0.4, 0.5) is 0 Å². The highest BCUT2D eigenvalue weighted by Gasteiger charge is 2.15. The SMILES string of the molecule is Cc1cccc(C2OCCCO2)c1. The predicted molar refractivity (Wildman–Crippen MR) is 50.4 cm³/mol. The molecule has 13 heavy (non-hydrogen) atoms. The Morgan fingerprint density at radius 2 is 2.00 bits per heavy atom. The monoisotopic (exact) mass is 178 g/mol. The van der Waals surface area contributed by atoms with E-state index in [-0.39, 0.29) is 6.29 Å². The molecular formula is C11H14O2. The molecule has 70 valence electrons. The van der Waals surface area contributed by atoms with Crippen LogP contribution >= 0.6 is 0 Å². The Bertz CT molecular complexity index is 277. The van der Waals surface area contributed by atoms with Crippen LogP contribution in [0.3, 0.4) is 0 Å². The zero-order valence-electron chi connectivity index (χ0n) is 7.82. The Hall–Kier alpha value is -0.860. The summed E-state index contributed by atoms with van der Waals surface area (Å²) in [6, 6.07) is 8.26. The summed E-state index contributed by atoms with van der Waals surface area (Å²) in [5.74, 6) is 0. The lowest BCUT2D eigenvalue weighted by molar-refractivity contribution is -0.183. The molecule has 0 unspecified atom stereocenters. The molecule has 2 heteroatoms. The van der Waals surface area contributed by atoms with Gasteiger partial charge in [-0.15, -0.1) is 0 Å². The molecule has 1 aliphatic rings. The van der Waals surface area contributed by atoms with E-state index >= 15 is 0 Å². The van der Waals surface area contributed by atoms with Gasteiger partial charge in [0.05, 0.1) is 13.2 Å². The fourth-order valence-corrected chi connectivity index (χ4v) is 1.50. The van der Waals surface area contributed by atoms with E-state index in [1.165, 1.54) is 5.56 Å². The molecule has 1 aromatic carbocycles. The van der Waals surface area contributed by atoms with Crippen molar-refractivity contribution in [2.75, 3.05) is 13.2 Å². The maximum absolute atomic E-state index is 5.50. The molecule has 0 bridgehead atoms. The number of ether oxygens (including phenoxy) is 2. The van der Waals surface area contributed by atoms with E-state index in [4.69, 9.17) is 9.47 Å². The van der Waals surface area contributed by atoms with E-state index in [0.29, 0.717) is 0 Å². The Balaban J connectivity index is 2.14. The molecule has 0 N–H and O–H groups in total. The third-order valence-electron chi connectivity index (χ3n) is 2.14. The van der Waals surface area contributed by atoms with Crippen molar-refractivity contribution in [1.82, 2.24) is 0 Å². The Morgan fingerprint density at radius 1 is 1.23 bits per heavy atom. The molecule has 0 atom stereocenters. The highest BCUT2D eigenvalue weighted by Crippen LogP contribution is 2.22. The van der Waals surface area contributed by atoms with Crippen LogP contribution < -0.4 is 0 Å². The second kappa shape index (κ2) is 3.90. The molecule has 1 fully saturated rings. The van der Waals surface area contributed by atoms with Gasteiger partial charge < -0.3 is 9.47 Å². The maximum atomic E-state index is 5.50. The summed E-state index contributed by atoms with van der Waals surface area (Å²) in [5, 5.41) is 0. The van der Waals surface area contributed by atoms with E-state index in [2.05, 4.69) is 19.1 Å². The van der Waals surface area contributed by atoms with Gasteiger partial charge in [0, 0.05) is 5.56 Å². The number of aryl methyl sites for hydroxylation is 1. The van der Waals surface area contributed by atoms with Crippen LogP contribution in [0.15, 0.2) is 24.3 Å². The number of benzene rings is 1. The van der Waals surface area contributed by atoms with Gasteiger partial charge in [-0.25, -0.2) is 0 Å². The summed E-state index contributed by atoms with van der Waals surface area (Å²) in [7, 11) is 0. The summed E-state index contributed by atoms with van der Waals surface area (Å²) < 4.78 is 11.0. The van der Waals surface area contributed by atoms with Gasteiger partial charge in [0.2, 0.25) is 0 Å². The third-order valence-corrected chi connectivity index (χ3v) is 2.14. The van der Waals surface area contributed by atoms with Crippen LogP contribution in [0, 0.1) is 6.92 Å². The van der Waals surface area contributed by atoms with Crippen molar-refractivity contribution in [2.24, 2.45) is 0 Å². The number of hydrogen-bond acceptors (Lipinski definition) is 2. The van der Waals surface area contributed by atoms with Crippen LogP contribution in [0.2, 0.25) is 0 Å². The van der Waals surface area contributed by atoms with Crippen molar-refractivity contribution in [3.8, 4) is 0 Å². The van der Waals surface area contributed by atoms with Crippen molar-refractivity contribution < 1.29 is 9.47 Å². The van der Waals surface area contributed by atoms with Crippen molar-refractivity contribution in [1.29, 1.82) is 0 Å². The van der Waals surface area contributed by atoms with Crippen LogP contribution in [0.5, 0.6) is 0 Å². The van der Waals surface area contributed by atoms with Crippen molar-refractivity contribution in [3.05, 3.63) is 35.4 Å². The van der Waals surface area contributed by atoms with Gasteiger partial charge in [0.15, 0.2) is 6.29 Å². The molecule has 1 aliphatic heterocycles. The smallest absolute Gasteiger partial charge is 0.183 e. The molecule has 1 aromatic rings. The molecule has 0 saturated carbocycles. The van der Waals surface area contributed by atoms with Gasteiger partial charge in [0.25, 0.3) is 0 Å². The normalized spacial score (nSPS) is 18.8. The first-order chi connectivity index (χ1) is 6.36. The molecule has 0 amide bonds. The predicted octanol–water partition coefficient (Wildman–Crippen LogP) is 2.43. The Labute approximate surface area is 78.5 Å². The molecular weight excluding hydrogens is 164 g/mol.